The summed E-state index contributed by atoms with van der Waals surface area (Å²) in [7, 11) is 1.83. The number of pyridine rings is 1. The Morgan fingerprint density at radius 3 is 2.70 bits per heavy atom. The first-order valence-corrected chi connectivity index (χ1v) is 6.37. The normalized spacial score (nSPS) is 11.4. The zero-order valence-electron chi connectivity index (χ0n) is 12.2. The highest BCUT2D eigenvalue weighted by Crippen LogP contribution is 2.24. The minimum Gasteiger partial charge on any atom is -0.470 e. The van der Waals surface area contributed by atoms with Gasteiger partial charge in [0.1, 0.15) is 17.7 Å². The first-order valence-electron chi connectivity index (χ1n) is 6.37. The van der Waals surface area contributed by atoms with Crippen molar-refractivity contribution in [2.75, 3.05) is 11.1 Å². The lowest BCUT2D eigenvalue weighted by Gasteiger charge is -2.21. The predicted molar refractivity (Wildman–Crippen MR) is 77.4 cm³/mol. The van der Waals surface area contributed by atoms with E-state index in [2.05, 4.69) is 20.4 Å². The Morgan fingerprint density at radius 2 is 2.10 bits per heavy atom. The van der Waals surface area contributed by atoms with E-state index in [0.717, 1.165) is 0 Å². The molecule has 20 heavy (non-hydrogen) atoms. The molecule has 0 spiro atoms. The maximum atomic E-state index is 5.86. The predicted octanol–water partition coefficient (Wildman–Crippen LogP) is 1.58. The summed E-state index contributed by atoms with van der Waals surface area (Å²) in [5.74, 6) is 1.80. The number of nitrogen functional groups attached to an aromatic ring is 1. The van der Waals surface area contributed by atoms with Crippen LogP contribution in [0.2, 0.25) is 0 Å². The molecule has 108 valence electrons. The van der Waals surface area contributed by atoms with E-state index in [1.807, 2.05) is 27.8 Å². The van der Waals surface area contributed by atoms with Crippen molar-refractivity contribution in [2.24, 2.45) is 7.05 Å². The van der Waals surface area contributed by atoms with Crippen LogP contribution in [0.25, 0.3) is 0 Å². The number of nitrogens with zero attached hydrogens (tertiary/aromatic N) is 4. The molecule has 0 fully saturated rings. The third kappa shape index (κ3) is 3.84. The maximum Gasteiger partial charge on any atom is 0.239 e. The SMILES string of the molecule is Cn1cnc(CNc2ccc(N)c(OC(C)(C)C)n2)n1. The zero-order chi connectivity index (χ0) is 14.8. The first kappa shape index (κ1) is 14.1. The zero-order valence-corrected chi connectivity index (χ0v) is 12.2. The Balaban J connectivity index is 2.07. The largest absolute Gasteiger partial charge is 0.470 e. The van der Waals surface area contributed by atoms with Crippen molar-refractivity contribution in [1.29, 1.82) is 0 Å². The number of ether oxygens (including phenoxy) is 1. The molecule has 2 rings (SSSR count). The number of nitrogens with one attached hydrogen (secondary N) is 1. The minimum absolute atomic E-state index is 0.345. The topological polar surface area (TPSA) is 90.9 Å². The van der Waals surface area contributed by atoms with Gasteiger partial charge in [0.15, 0.2) is 5.82 Å². The number of nitrogens with two attached hydrogens (primary N) is 1. The number of anilines is 2. The molecule has 2 aromatic rings. The molecule has 0 aromatic carbocycles. The molecule has 0 amide bonds. The average molecular weight is 276 g/mol. The summed E-state index contributed by atoms with van der Waals surface area (Å²) in [6.07, 6.45) is 1.65. The van der Waals surface area contributed by atoms with Crippen LogP contribution in [-0.2, 0) is 13.6 Å². The van der Waals surface area contributed by atoms with Gasteiger partial charge in [0.2, 0.25) is 5.88 Å². The monoisotopic (exact) mass is 276 g/mol. The fourth-order valence-electron chi connectivity index (χ4n) is 1.56. The first-order chi connectivity index (χ1) is 9.33. The summed E-state index contributed by atoms with van der Waals surface area (Å²) >= 11 is 0. The molecule has 0 saturated heterocycles. The van der Waals surface area contributed by atoms with E-state index in [9.17, 15) is 0 Å². The smallest absolute Gasteiger partial charge is 0.239 e. The van der Waals surface area contributed by atoms with E-state index < -0.39 is 0 Å². The van der Waals surface area contributed by atoms with Crippen LogP contribution in [0.1, 0.15) is 26.6 Å². The second-order valence-corrected chi connectivity index (χ2v) is 5.49. The molecular formula is C13H20N6O. The van der Waals surface area contributed by atoms with E-state index in [1.54, 1.807) is 23.1 Å². The van der Waals surface area contributed by atoms with Gasteiger partial charge in [0.05, 0.1) is 12.2 Å². The number of rotatable bonds is 4. The number of aromatic nitrogens is 4. The highest BCUT2D eigenvalue weighted by atomic mass is 16.5. The standard InChI is InChI=1S/C13H20N6O/c1-13(2,3)20-12-9(14)5-6-10(17-12)15-7-11-16-8-19(4)18-11/h5-6,8H,7,14H2,1-4H3,(H,15,17). The summed E-state index contributed by atoms with van der Waals surface area (Å²) in [6, 6.07) is 3.57. The van der Waals surface area contributed by atoms with Crippen molar-refractivity contribution >= 4 is 11.5 Å². The fourth-order valence-corrected chi connectivity index (χ4v) is 1.56. The fraction of sp³-hybridized carbons (Fsp3) is 0.462. The summed E-state index contributed by atoms with van der Waals surface area (Å²) in [4.78, 5) is 8.49. The lowest BCUT2D eigenvalue weighted by Crippen LogP contribution is -2.24. The van der Waals surface area contributed by atoms with Gasteiger partial charge in [-0.1, -0.05) is 0 Å². The van der Waals surface area contributed by atoms with Gasteiger partial charge in [-0.05, 0) is 32.9 Å². The molecule has 0 bridgehead atoms. The molecule has 0 aliphatic carbocycles. The van der Waals surface area contributed by atoms with E-state index >= 15 is 0 Å². The molecule has 7 heteroatoms. The van der Waals surface area contributed by atoms with Crippen LogP contribution in [0.4, 0.5) is 11.5 Å². The molecule has 0 aliphatic rings. The van der Waals surface area contributed by atoms with Crippen LogP contribution in [0.3, 0.4) is 0 Å². The summed E-state index contributed by atoms with van der Waals surface area (Å²) < 4.78 is 7.37. The van der Waals surface area contributed by atoms with Gasteiger partial charge in [-0.25, -0.2) is 4.98 Å². The van der Waals surface area contributed by atoms with E-state index in [-0.39, 0.29) is 5.60 Å². The molecule has 0 unspecified atom stereocenters. The van der Waals surface area contributed by atoms with Crippen molar-refractivity contribution < 1.29 is 4.74 Å². The van der Waals surface area contributed by atoms with Gasteiger partial charge in [-0.15, -0.1) is 0 Å². The van der Waals surface area contributed by atoms with E-state index in [0.29, 0.717) is 29.8 Å². The van der Waals surface area contributed by atoms with Crippen LogP contribution in [0.5, 0.6) is 5.88 Å². The van der Waals surface area contributed by atoms with Gasteiger partial charge in [0.25, 0.3) is 0 Å². The molecule has 3 N–H and O–H groups in total. The number of hydrogen-bond donors (Lipinski definition) is 2. The highest BCUT2D eigenvalue weighted by Gasteiger charge is 2.15. The molecule has 0 radical (unpaired) electrons. The van der Waals surface area contributed by atoms with Crippen molar-refractivity contribution in [3.63, 3.8) is 0 Å². The van der Waals surface area contributed by atoms with Crippen molar-refractivity contribution in [3.05, 3.63) is 24.3 Å². The van der Waals surface area contributed by atoms with Crippen LogP contribution < -0.4 is 15.8 Å². The van der Waals surface area contributed by atoms with Crippen LogP contribution in [0, 0.1) is 0 Å². The van der Waals surface area contributed by atoms with E-state index in [4.69, 9.17) is 10.5 Å². The molecule has 0 aliphatic heterocycles. The Hall–Kier alpha value is -2.31. The number of aryl methyl sites for hydroxylation is 1. The van der Waals surface area contributed by atoms with Crippen molar-refractivity contribution in [3.8, 4) is 5.88 Å². The average Bonchev–Trinajstić information content (AvgIpc) is 2.74. The summed E-state index contributed by atoms with van der Waals surface area (Å²) in [5, 5.41) is 7.33. The molecule has 2 heterocycles. The molecule has 7 nitrogen and oxygen atoms in total. The summed E-state index contributed by atoms with van der Waals surface area (Å²) in [6.45, 7) is 6.34. The molecular weight excluding hydrogens is 256 g/mol. The van der Waals surface area contributed by atoms with Crippen LogP contribution in [-0.4, -0.2) is 25.3 Å². The van der Waals surface area contributed by atoms with Crippen LogP contribution >= 0.6 is 0 Å². The molecule has 2 aromatic heterocycles. The van der Waals surface area contributed by atoms with Gasteiger partial charge in [0, 0.05) is 7.05 Å². The molecule has 0 atom stereocenters. The Morgan fingerprint density at radius 1 is 1.35 bits per heavy atom. The minimum atomic E-state index is -0.345. The summed E-state index contributed by atoms with van der Waals surface area (Å²) in [5.41, 5.74) is 6.03. The Kier molecular flexibility index (Phi) is 3.78. The number of hydrogen-bond acceptors (Lipinski definition) is 6. The lowest BCUT2D eigenvalue weighted by molar-refractivity contribution is 0.125. The maximum absolute atomic E-state index is 5.86. The second-order valence-electron chi connectivity index (χ2n) is 5.49. The lowest BCUT2D eigenvalue weighted by atomic mass is 10.2. The van der Waals surface area contributed by atoms with Gasteiger partial charge >= 0.3 is 0 Å². The van der Waals surface area contributed by atoms with Crippen molar-refractivity contribution in [2.45, 2.75) is 32.9 Å². The Labute approximate surface area is 118 Å². The second kappa shape index (κ2) is 5.36. The van der Waals surface area contributed by atoms with Gasteiger partial charge in [-0.3, -0.25) is 4.68 Å². The van der Waals surface area contributed by atoms with Gasteiger partial charge in [-0.2, -0.15) is 10.1 Å². The third-order valence-corrected chi connectivity index (χ3v) is 2.37. The van der Waals surface area contributed by atoms with E-state index in [1.165, 1.54) is 0 Å². The third-order valence-electron chi connectivity index (χ3n) is 2.37. The highest BCUT2D eigenvalue weighted by molar-refractivity contribution is 5.53. The van der Waals surface area contributed by atoms with Gasteiger partial charge < -0.3 is 15.8 Å². The van der Waals surface area contributed by atoms with Crippen LogP contribution in [0.15, 0.2) is 18.5 Å². The Bertz CT molecular complexity index is 587. The van der Waals surface area contributed by atoms with Crippen molar-refractivity contribution in [1.82, 2.24) is 19.7 Å². The molecule has 0 saturated carbocycles. The quantitative estimate of drug-likeness (QED) is 0.881.